The number of morpholine rings is 5. The molecule has 6 atom stereocenters. The van der Waals surface area contributed by atoms with Crippen molar-refractivity contribution in [2.45, 2.75) is 103 Å². The van der Waals surface area contributed by atoms with E-state index in [-0.39, 0.29) is 101 Å². The van der Waals surface area contributed by atoms with Crippen LogP contribution < -0.4 is 64.9 Å². The van der Waals surface area contributed by atoms with E-state index in [0.717, 1.165) is 87.6 Å². The summed E-state index contributed by atoms with van der Waals surface area (Å²) < 4.78 is 38.1. The smallest absolute Gasteiger partial charge is 0.521 e. The third-order valence-corrected chi connectivity index (χ3v) is 25.2. The van der Waals surface area contributed by atoms with Gasteiger partial charge in [-0.1, -0.05) is 184 Å². The van der Waals surface area contributed by atoms with Gasteiger partial charge >= 0.3 is 8.25 Å². The van der Waals surface area contributed by atoms with Crippen LogP contribution in [0.25, 0.3) is 0 Å². The SMILES string of the molecule is CC[C@H](O)CN(Cc1ccccc1)c1ccc(N2CCOCC2=O)cc1.CC[C@H](O)CN(Cc1ccccc1)c1ccc(N2CCOCC2=O)cc1.CC[C@H](O)CN(Cc1ccccc1)c1ccc(N2CCOCC2=O)cc1.NC[C@H](O)CN(Cc1ccccc1)c1ccc(N2CCOCC2=O)cc1.O=C(NC[C@H](O)CN(Cc1ccccc1)c1ccc(N2CCOCC2=O)cc1)c1ccc(Cl)s1.O=[P+]([O-])OO.[HH]. The van der Waals surface area contributed by atoms with Gasteiger partial charge in [-0.15, -0.1) is 11.3 Å². The minimum Gasteiger partial charge on any atom is -0.565 e. The lowest BCUT2D eigenvalue weighted by Gasteiger charge is -2.30. The molecule has 1 aromatic heterocycles. The number of nitrogens with two attached hydrogens (primary N) is 1. The average Bonchev–Trinajstić information content (AvgIpc) is 1.03. The second-order valence-corrected chi connectivity index (χ2v) is 36.6. The highest BCUT2D eigenvalue weighted by Gasteiger charge is 2.29. The number of amides is 6. The third kappa shape index (κ3) is 36.4. The summed E-state index contributed by atoms with van der Waals surface area (Å²) in [5.41, 5.74) is 20.8. The standard InChI is InChI=1S/C25H26ClN3O4S.3C21H26N2O3.C20H25N3O3.HO4P.H2/c26-23-11-10-22(34-23)25(32)27-14-21(30)16-28(15-18-4-2-1-3-5-18)19-6-8-20(9-7-19)29-12-13-33-17-24(29)31;3*1-2-20(24)15-22(14-17-6-4-3-5-7-17)18-8-10-19(11-9-18)23-12-13-26-16-21(23)25;21-12-19(24)14-22(13-16-4-2-1-3-5-16)17-6-8-18(9-7-17)23-10-11-26-15-20(23)25;1-4-5(2)3;/h1-11,21,30H,12-17H2,(H,27,32);3*3-11,20,24H,2,12-16H2,1H3;1-9,19,24H,10-15,21H2;1H;1H/t21-;3*20-;19-;;/m00000../s1. The van der Waals surface area contributed by atoms with Gasteiger partial charge in [-0.25, -0.2) is 5.26 Å². The van der Waals surface area contributed by atoms with Crippen molar-refractivity contribution in [3.63, 3.8) is 0 Å². The number of ether oxygens (including phenoxy) is 5. The Morgan fingerprint density at radius 1 is 0.378 bits per heavy atom. The number of aliphatic hydroxyl groups excluding tert-OH is 5. The summed E-state index contributed by atoms with van der Waals surface area (Å²) in [7, 11) is -3.04. The quantitative estimate of drug-likeness (QED) is 0.0101. The molecule has 0 radical (unpaired) electrons. The summed E-state index contributed by atoms with van der Waals surface area (Å²) >= 11 is 7.10. The molecule has 0 spiro atoms. The molecular weight excluding hydrogens is 1880 g/mol. The minimum atomic E-state index is -3.04. The van der Waals surface area contributed by atoms with Crippen LogP contribution in [0.15, 0.2) is 285 Å². The highest BCUT2D eigenvalue weighted by molar-refractivity contribution is 7.30. The van der Waals surface area contributed by atoms with Crippen LogP contribution >= 0.6 is 31.2 Å². The van der Waals surface area contributed by atoms with Crippen molar-refractivity contribution in [3.8, 4) is 0 Å². The fraction of sp³-hybridized carbons (Fsp3) is 0.352. The van der Waals surface area contributed by atoms with Crippen molar-refractivity contribution in [2.75, 3.05) is 194 Å². The van der Waals surface area contributed by atoms with Crippen molar-refractivity contribution in [2.24, 2.45) is 5.73 Å². The maximum Gasteiger partial charge on any atom is 0.521 e. The summed E-state index contributed by atoms with van der Waals surface area (Å²) in [4.78, 5) is 101. The highest BCUT2D eigenvalue weighted by Crippen LogP contribution is 2.32. The number of nitrogens with one attached hydrogen (secondary N) is 1. The van der Waals surface area contributed by atoms with Crippen LogP contribution in [0.2, 0.25) is 4.34 Å². The first kappa shape index (κ1) is 111. The number of rotatable bonds is 38. The van der Waals surface area contributed by atoms with Gasteiger partial charge in [-0.3, -0.25) is 28.8 Å². The van der Waals surface area contributed by atoms with E-state index < -0.39 is 20.5 Å². The molecule has 9 N–H and O–H groups in total. The molecule has 5 fully saturated rings. The van der Waals surface area contributed by atoms with E-state index in [0.29, 0.717) is 140 Å². The molecule has 143 heavy (non-hydrogen) atoms. The van der Waals surface area contributed by atoms with Crippen molar-refractivity contribution in [3.05, 3.63) is 322 Å². The predicted molar refractivity (Wildman–Crippen MR) is 561 cm³/mol. The third-order valence-electron chi connectivity index (χ3n) is 23.8. The molecule has 5 saturated heterocycles. The number of hydrogen-bond acceptors (Lipinski definition) is 27. The molecule has 762 valence electrons. The number of nitrogens with zero attached hydrogens (tertiary/aromatic N) is 10. The number of halogens is 1. The number of anilines is 10. The number of benzene rings is 10. The van der Waals surface area contributed by atoms with Crippen LogP contribution in [-0.2, 0) is 89.6 Å². The topological polar surface area (TPSA) is 390 Å². The second-order valence-electron chi connectivity index (χ2n) is 34.3. The summed E-state index contributed by atoms with van der Waals surface area (Å²) in [6.07, 6.45) is -0.372. The van der Waals surface area contributed by atoms with Gasteiger partial charge in [0.05, 0.1) is 72.8 Å². The van der Waals surface area contributed by atoms with Gasteiger partial charge in [0.25, 0.3) is 35.4 Å². The normalized spacial score (nSPS) is 15.3. The molecule has 5 aliphatic heterocycles. The van der Waals surface area contributed by atoms with Crippen LogP contribution in [0.4, 0.5) is 56.9 Å². The Hall–Kier alpha value is -12.5. The maximum absolute atomic E-state index is 12.3. The van der Waals surface area contributed by atoms with E-state index in [4.69, 9.17) is 55.7 Å². The lowest BCUT2D eigenvalue weighted by molar-refractivity contribution is -0.244. The van der Waals surface area contributed by atoms with Gasteiger partial charge in [-0.05, 0) is 185 Å². The first-order valence-electron chi connectivity index (χ1n) is 47.9. The van der Waals surface area contributed by atoms with Gasteiger partial charge in [-0.2, -0.15) is 0 Å². The van der Waals surface area contributed by atoms with E-state index in [1.54, 1.807) is 36.6 Å². The Kier molecular flexibility index (Phi) is 46.2. The van der Waals surface area contributed by atoms with Gasteiger partial charge < -0.3 is 114 Å². The largest absolute Gasteiger partial charge is 0.565 e. The van der Waals surface area contributed by atoms with Crippen molar-refractivity contribution >= 4 is 124 Å². The fourth-order valence-corrected chi connectivity index (χ4v) is 17.0. The minimum absolute atomic E-state index is 0. The molecule has 1 unspecified atom stereocenters. The molecule has 10 aromatic carbocycles. The maximum atomic E-state index is 12.3. The number of carbonyl (C=O) groups is 6. The van der Waals surface area contributed by atoms with Gasteiger partial charge in [0, 0.05) is 174 Å². The van der Waals surface area contributed by atoms with Crippen LogP contribution in [0.5, 0.6) is 0 Å². The van der Waals surface area contributed by atoms with Crippen LogP contribution in [-0.4, -0.2) is 241 Å². The first-order valence-corrected chi connectivity index (χ1v) is 50.2. The molecule has 0 saturated carbocycles. The van der Waals surface area contributed by atoms with E-state index in [9.17, 15) is 54.3 Å². The molecule has 35 heteroatoms. The molecule has 0 aliphatic carbocycles. The Labute approximate surface area is 847 Å². The monoisotopic (exact) mass is 2010 g/mol. The van der Waals surface area contributed by atoms with Gasteiger partial charge in [0.15, 0.2) is 0 Å². The van der Waals surface area contributed by atoms with Crippen LogP contribution in [0.1, 0.15) is 78.9 Å². The zero-order valence-electron chi connectivity index (χ0n) is 80.9. The number of carbonyl (C=O) groups excluding carboxylic acids is 6. The number of aliphatic hydroxyl groups is 5. The Balaban J connectivity index is 0.000000183. The molecule has 11 aromatic rings. The molecule has 6 amide bonds. The van der Waals surface area contributed by atoms with Crippen molar-refractivity contribution in [1.82, 2.24) is 5.32 Å². The van der Waals surface area contributed by atoms with E-state index in [2.05, 4.69) is 83.0 Å². The lowest BCUT2D eigenvalue weighted by Crippen LogP contribution is -2.41. The molecule has 16 rings (SSSR count). The first-order chi connectivity index (χ1) is 69.4. The zero-order chi connectivity index (χ0) is 102. The number of hydrogen-bond donors (Lipinski definition) is 8. The van der Waals surface area contributed by atoms with Crippen molar-refractivity contribution in [1.29, 1.82) is 0 Å². The van der Waals surface area contributed by atoms with Gasteiger partial charge in [0.2, 0.25) is 0 Å². The zero-order valence-corrected chi connectivity index (χ0v) is 83.4. The average molecular weight is 2020 g/mol. The molecule has 32 nitrogen and oxygen atoms in total. The number of thiophene rings is 1. The van der Waals surface area contributed by atoms with E-state index in [1.807, 2.05) is 245 Å². The van der Waals surface area contributed by atoms with Crippen molar-refractivity contribution < 1.29 is 98.8 Å². The van der Waals surface area contributed by atoms with Crippen LogP contribution in [0.3, 0.4) is 0 Å². The van der Waals surface area contributed by atoms with E-state index >= 15 is 0 Å². The summed E-state index contributed by atoms with van der Waals surface area (Å²) in [5, 5.41) is 61.0. The molecular formula is C108H132ClN12O20PS. The van der Waals surface area contributed by atoms with E-state index in [1.165, 1.54) is 28.0 Å². The Morgan fingerprint density at radius 2 is 0.594 bits per heavy atom. The predicted octanol–water partition coefficient (Wildman–Crippen LogP) is 13.2. The fourth-order valence-electron chi connectivity index (χ4n) is 16.0. The Bertz CT molecular complexity index is 5150. The molecule has 5 aliphatic rings. The van der Waals surface area contributed by atoms with Gasteiger partial charge in [0.1, 0.15) is 33.0 Å². The molecule has 0 bridgehead atoms. The lowest BCUT2D eigenvalue weighted by atomic mass is 10.1. The molecule has 6 heterocycles. The highest BCUT2D eigenvalue weighted by atomic mass is 35.5. The second kappa shape index (κ2) is 59.6. The summed E-state index contributed by atoms with van der Waals surface area (Å²) in [6.45, 7) is 18.5. The Morgan fingerprint density at radius 3 is 0.783 bits per heavy atom. The summed E-state index contributed by atoms with van der Waals surface area (Å²) in [5.74, 6) is -0.364. The summed E-state index contributed by atoms with van der Waals surface area (Å²) in [6, 6.07) is 93.5. The van der Waals surface area contributed by atoms with Crippen LogP contribution in [0, 0.1) is 0 Å².